The molecule has 0 radical (unpaired) electrons. The minimum atomic E-state index is 0.926. The van der Waals surface area contributed by atoms with Gasteiger partial charge in [0.2, 0.25) is 0 Å². The Bertz CT molecular complexity index is 436. The van der Waals surface area contributed by atoms with Crippen molar-refractivity contribution >= 4 is 5.57 Å². The second-order valence-corrected chi connectivity index (χ2v) is 5.20. The van der Waals surface area contributed by atoms with E-state index in [0.29, 0.717) is 0 Å². The SMILES string of the molecule is C=CC(=C)c1ccc(CN2CCCN(C)CC2)nc1. The van der Waals surface area contributed by atoms with Crippen LogP contribution >= 0.6 is 0 Å². The Balaban J connectivity index is 1.95. The molecule has 1 aromatic rings. The van der Waals surface area contributed by atoms with Gasteiger partial charge in [0.05, 0.1) is 5.69 Å². The Hall–Kier alpha value is -1.45. The molecule has 0 aromatic carbocycles. The Labute approximate surface area is 116 Å². The van der Waals surface area contributed by atoms with Crippen LogP contribution in [0.4, 0.5) is 0 Å². The van der Waals surface area contributed by atoms with E-state index in [0.717, 1.165) is 43.0 Å². The van der Waals surface area contributed by atoms with Crippen LogP contribution in [-0.4, -0.2) is 48.0 Å². The number of rotatable bonds is 4. The molecule has 1 aliphatic heterocycles. The van der Waals surface area contributed by atoms with E-state index in [1.165, 1.54) is 13.0 Å². The molecule has 2 heterocycles. The van der Waals surface area contributed by atoms with Gasteiger partial charge < -0.3 is 4.90 Å². The predicted molar refractivity (Wildman–Crippen MR) is 80.9 cm³/mol. The highest BCUT2D eigenvalue weighted by Crippen LogP contribution is 2.13. The van der Waals surface area contributed by atoms with E-state index in [4.69, 9.17) is 0 Å². The van der Waals surface area contributed by atoms with Crippen LogP contribution in [0.2, 0.25) is 0 Å². The van der Waals surface area contributed by atoms with Gasteiger partial charge in [-0.15, -0.1) is 0 Å². The van der Waals surface area contributed by atoms with Crippen molar-refractivity contribution in [3.63, 3.8) is 0 Å². The molecule has 0 bridgehead atoms. The van der Waals surface area contributed by atoms with Crippen LogP contribution in [0.1, 0.15) is 17.7 Å². The highest BCUT2D eigenvalue weighted by atomic mass is 15.2. The lowest BCUT2D eigenvalue weighted by Crippen LogP contribution is -2.28. The third kappa shape index (κ3) is 4.01. The zero-order chi connectivity index (χ0) is 13.7. The first kappa shape index (κ1) is 14.0. The van der Waals surface area contributed by atoms with Crippen LogP contribution in [0.5, 0.6) is 0 Å². The molecule has 0 unspecified atom stereocenters. The first-order valence-corrected chi connectivity index (χ1v) is 6.86. The fourth-order valence-corrected chi connectivity index (χ4v) is 2.31. The van der Waals surface area contributed by atoms with Crippen LogP contribution in [0.25, 0.3) is 5.57 Å². The van der Waals surface area contributed by atoms with E-state index in [1.807, 2.05) is 6.20 Å². The summed E-state index contributed by atoms with van der Waals surface area (Å²) < 4.78 is 0. The largest absolute Gasteiger partial charge is 0.305 e. The highest BCUT2D eigenvalue weighted by molar-refractivity contribution is 5.70. The van der Waals surface area contributed by atoms with Gasteiger partial charge in [-0.2, -0.15) is 0 Å². The molecule has 2 rings (SSSR count). The third-order valence-electron chi connectivity index (χ3n) is 3.64. The lowest BCUT2D eigenvalue weighted by Gasteiger charge is -2.19. The highest BCUT2D eigenvalue weighted by Gasteiger charge is 2.12. The van der Waals surface area contributed by atoms with Gasteiger partial charge in [0.1, 0.15) is 0 Å². The molecular formula is C16H23N3. The summed E-state index contributed by atoms with van der Waals surface area (Å²) in [4.78, 5) is 9.40. The first-order valence-electron chi connectivity index (χ1n) is 6.86. The number of nitrogens with zero attached hydrogens (tertiary/aromatic N) is 3. The minimum Gasteiger partial charge on any atom is -0.305 e. The molecule has 19 heavy (non-hydrogen) atoms. The van der Waals surface area contributed by atoms with Crippen LogP contribution in [0.15, 0.2) is 37.6 Å². The molecule has 1 aromatic heterocycles. The van der Waals surface area contributed by atoms with E-state index in [-0.39, 0.29) is 0 Å². The van der Waals surface area contributed by atoms with Gasteiger partial charge in [-0.3, -0.25) is 9.88 Å². The van der Waals surface area contributed by atoms with Crippen molar-refractivity contribution in [2.75, 3.05) is 33.2 Å². The molecule has 3 heteroatoms. The predicted octanol–water partition coefficient (Wildman–Crippen LogP) is 2.42. The summed E-state index contributed by atoms with van der Waals surface area (Å²) in [7, 11) is 2.19. The van der Waals surface area contributed by atoms with Crippen molar-refractivity contribution < 1.29 is 0 Å². The number of allylic oxidation sites excluding steroid dienone is 2. The van der Waals surface area contributed by atoms with E-state index in [9.17, 15) is 0 Å². The minimum absolute atomic E-state index is 0.926. The first-order chi connectivity index (χ1) is 9.19. The molecule has 1 saturated heterocycles. The fourth-order valence-electron chi connectivity index (χ4n) is 2.31. The average Bonchev–Trinajstić information content (AvgIpc) is 2.64. The van der Waals surface area contributed by atoms with Crippen LogP contribution in [-0.2, 0) is 6.54 Å². The molecular weight excluding hydrogens is 234 g/mol. The molecule has 0 aliphatic carbocycles. The van der Waals surface area contributed by atoms with Crippen LogP contribution in [0.3, 0.4) is 0 Å². The van der Waals surface area contributed by atoms with E-state index in [1.54, 1.807) is 6.08 Å². The number of hydrogen-bond acceptors (Lipinski definition) is 3. The average molecular weight is 257 g/mol. The van der Waals surface area contributed by atoms with Crippen molar-refractivity contribution in [3.05, 3.63) is 48.8 Å². The number of hydrogen-bond donors (Lipinski definition) is 0. The molecule has 0 atom stereocenters. The maximum Gasteiger partial charge on any atom is 0.0544 e. The van der Waals surface area contributed by atoms with Crippen molar-refractivity contribution in [2.45, 2.75) is 13.0 Å². The Morgan fingerprint density at radius 1 is 1.32 bits per heavy atom. The Morgan fingerprint density at radius 3 is 2.84 bits per heavy atom. The van der Waals surface area contributed by atoms with Gasteiger partial charge in [-0.1, -0.05) is 25.3 Å². The second kappa shape index (κ2) is 6.64. The third-order valence-corrected chi connectivity index (χ3v) is 3.64. The molecule has 3 nitrogen and oxygen atoms in total. The molecule has 0 N–H and O–H groups in total. The summed E-state index contributed by atoms with van der Waals surface area (Å²) in [5.41, 5.74) is 3.11. The zero-order valence-electron chi connectivity index (χ0n) is 11.8. The van der Waals surface area contributed by atoms with Gasteiger partial charge >= 0.3 is 0 Å². The number of likely N-dealkylation sites (N-methyl/N-ethyl adjacent to an activating group) is 1. The normalized spacial score (nSPS) is 17.9. The monoisotopic (exact) mass is 257 g/mol. The van der Waals surface area contributed by atoms with Gasteiger partial charge in [-0.05, 0) is 43.8 Å². The Kier molecular flexibility index (Phi) is 4.88. The van der Waals surface area contributed by atoms with E-state index >= 15 is 0 Å². The fraction of sp³-hybridized carbons (Fsp3) is 0.438. The lowest BCUT2D eigenvalue weighted by molar-refractivity contribution is 0.266. The van der Waals surface area contributed by atoms with Crippen molar-refractivity contribution in [1.82, 2.24) is 14.8 Å². The zero-order valence-corrected chi connectivity index (χ0v) is 11.8. The van der Waals surface area contributed by atoms with Crippen molar-refractivity contribution in [2.24, 2.45) is 0 Å². The maximum atomic E-state index is 4.53. The van der Waals surface area contributed by atoms with Gasteiger partial charge in [0, 0.05) is 25.8 Å². The van der Waals surface area contributed by atoms with Crippen LogP contribution < -0.4 is 0 Å². The van der Waals surface area contributed by atoms with Crippen molar-refractivity contribution in [1.29, 1.82) is 0 Å². The summed E-state index contributed by atoms with van der Waals surface area (Å²) in [6.07, 6.45) is 4.90. The number of aromatic nitrogens is 1. The maximum absolute atomic E-state index is 4.53. The molecule has 1 fully saturated rings. The van der Waals surface area contributed by atoms with Gasteiger partial charge in [0.25, 0.3) is 0 Å². The molecule has 1 aliphatic rings. The summed E-state index contributed by atoms with van der Waals surface area (Å²) in [5.74, 6) is 0. The molecule has 0 spiro atoms. The standard InChI is InChI=1S/C16H23N3/c1-4-14(2)15-6-7-16(17-12-15)13-19-9-5-8-18(3)10-11-19/h4,6-7,12H,1-2,5,8-11,13H2,3H3. The van der Waals surface area contributed by atoms with Crippen molar-refractivity contribution in [3.8, 4) is 0 Å². The summed E-state index contributed by atoms with van der Waals surface area (Å²) in [6, 6.07) is 4.18. The molecule has 0 amide bonds. The summed E-state index contributed by atoms with van der Waals surface area (Å²) >= 11 is 0. The molecule has 102 valence electrons. The Morgan fingerprint density at radius 2 is 2.16 bits per heavy atom. The second-order valence-electron chi connectivity index (χ2n) is 5.20. The van der Waals surface area contributed by atoms with E-state index < -0.39 is 0 Å². The smallest absolute Gasteiger partial charge is 0.0544 e. The van der Waals surface area contributed by atoms with Gasteiger partial charge in [0.15, 0.2) is 0 Å². The van der Waals surface area contributed by atoms with Crippen LogP contribution in [0, 0.1) is 0 Å². The lowest BCUT2D eigenvalue weighted by atomic mass is 10.1. The topological polar surface area (TPSA) is 19.4 Å². The number of pyridine rings is 1. The van der Waals surface area contributed by atoms with E-state index in [2.05, 4.69) is 47.1 Å². The van der Waals surface area contributed by atoms with Gasteiger partial charge in [-0.25, -0.2) is 0 Å². The quantitative estimate of drug-likeness (QED) is 0.772. The summed E-state index contributed by atoms with van der Waals surface area (Å²) in [6.45, 7) is 13.2. The summed E-state index contributed by atoms with van der Waals surface area (Å²) in [5, 5.41) is 0. The molecule has 0 saturated carbocycles.